The Hall–Kier alpha value is -1.38. The predicted molar refractivity (Wildman–Crippen MR) is 52.1 cm³/mol. The molecule has 0 fully saturated rings. The van der Waals surface area contributed by atoms with Crippen LogP contribution in [0.4, 0.5) is 4.39 Å². The van der Waals surface area contributed by atoms with Gasteiger partial charge in [0, 0.05) is 0 Å². The lowest BCUT2D eigenvalue weighted by atomic mass is 9.85. The zero-order valence-electron chi connectivity index (χ0n) is 8.47. The van der Waals surface area contributed by atoms with Crippen LogP contribution in [0.15, 0.2) is 18.2 Å². The van der Waals surface area contributed by atoms with E-state index in [1.807, 2.05) is 20.8 Å². The summed E-state index contributed by atoms with van der Waals surface area (Å²) in [5, 5.41) is 8.72. The fourth-order valence-electron chi connectivity index (χ4n) is 1.28. The maximum atomic E-state index is 13.6. The summed E-state index contributed by atoms with van der Waals surface area (Å²) < 4.78 is 13.6. The van der Waals surface area contributed by atoms with Crippen molar-refractivity contribution in [2.45, 2.75) is 26.2 Å². The molecule has 76 valence electrons. The van der Waals surface area contributed by atoms with E-state index < -0.39 is 11.8 Å². The van der Waals surface area contributed by atoms with Gasteiger partial charge in [0.1, 0.15) is 5.82 Å². The molecule has 0 saturated heterocycles. The number of aromatic carboxylic acids is 1. The van der Waals surface area contributed by atoms with E-state index in [4.69, 9.17) is 5.11 Å². The molecule has 3 heteroatoms. The zero-order valence-corrected chi connectivity index (χ0v) is 8.47. The van der Waals surface area contributed by atoms with Gasteiger partial charge in [-0.05, 0) is 17.0 Å². The van der Waals surface area contributed by atoms with Crippen molar-refractivity contribution >= 4 is 5.97 Å². The third kappa shape index (κ3) is 1.92. The molecule has 0 aliphatic carbocycles. The van der Waals surface area contributed by atoms with E-state index in [0.29, 0.717) is 5.56 Å². The maximum absolute atomic E-state index is 13.6. The number of carboxylic acid groups (broad SMARTS) is 1. The van der Waals surface area contributed by atoms with Crippen molar-refractivity contribution in [3.63, 3.8) is 0 Å². The van der Waals surface area contributed by atoms with Gasteiger partial charge in [-0.25, -0.2) is 9.18 Å². The second kappa shape index (κ2) is 3.40. The monoisotopic (exact) mass is 196 g/mol. The van der Waals surface area contributed by atoms with Gasteiger partial charge >= 0.3 is 5.97 Å². The van der Waals surface area contributed by atoms with E-state index in [1.165, 1.54) is 6.07 Å². The van der Waals surface area contributed by atoms with Gasteiger partial charge in [-0.1, -0.05) is 32.9 Å². The highest BCUT2D eigenvalue weighted by Crippen LogP contribution is 2.26. The summed E-state index contributed by atoms with van der Waals surface area (Å²) in [5.74, 6) is -1.86. The Labute approximate surface area is 82.4 Å². The molecule has 0 aromatic heterocycles. The third-order valence-electron chi connectivity index (χ3n) is 2.04. The lowest BCUT2D eigenvalue weighted by molar-refractivity contribution is 0.0691. The predicted octanol–water partition coefficient (Wildman–Crippen LogP) is 2.82. The molecule has 0 aliphatic heterocycles. The van der Waals surface area contributed by atoms with Crippen LogP contribution in [0.3, 0.4) is 0 Å². The quantitative estimate of drug-likeness (QED) is 0.749. The standard InChI is InChI=1S/C11H13FO2/c1-11(2,3)8-6-4-5-7(9(8)12)10(13)14/h4-6H,1-3H3,(H,13,14). The van der Waals surface area contributed by atoms with Crippen LogP contribution in [0.1, 0.15) is 36.7 Å². The first kappa shape index (κ1) is 10.7. The molecule has 0 aliphatic rings. The Morgan fingerprint density at radius 3 is 2.36 bits per heavy atom. The number of benzene rings is 1. The molecule has 1 aromatic rings. The minimum Gasteiger partial charge on any atom is -0.478 e. The van der Waals surface area contributed by atoms with Gasteiger partial charge in [0.2, 0.25) is 0 Å². The minimum absolute atomic E-state index is 0.266. The van der Waals surface area contributed by atoms with Gasteiger partial charge in [-0.3, -0.25) is 0 Å². The summed E-state index contributed by atoms with van der Waals surface area (Å²) in [6.07, 6.45) is 0. The number of hydrogen-bond acceptors (Lipinski definition) is 1. The molecule has 0 atom stereocenters. The van der Waals surface area contributed by atoms with E-state index >= 15 is 0 Å². The zero-order chi connectivity index (χ0) is 10.9. The van der Waals surface area contributed by atoms with Crippen molar-refractivity contribution in [2.24, 2.45) is 0 Å². The van der Waals surface area contributed by atoms with Crippen LogP contribution in [0, 0.1) is 5.82 Å². The summed E-state index contributed by atoms with van der Waals surface area (Å²) in [6.45, 7) is 5.53. The Morgan fingerprint density at radius 1 is 1.36 bits per heavy atom. The van der Waals surface area contributed by atoms with E-state index in [2.05, 4.69) is 0 Å². The highest BCUT2D eigenvalue weighted by atomic mass is 19.1. The molecule has 0 spiro atoms. The van der Waals surface area contributed by atoms with Gasteiger partial charge in [0.05, 0.1) is 5.56 Å². The molecule has 0 heterocycles. The second-order valence-corrected chi connectivity index (χ2v) is 4.22. The summed E-state index contributed by atoms with van der Waals surface area (Å²) in [5.41, 5.74) is -0.218. The normalized spacial score (nSPS) is 11.4. The van der Waals surface area contributed by atoms with Crippen LogP contribution in [0.25, 0.3) is 0 Å². The molecule has 1 aromatic carbocycles. The number of carbonyl (C=O) groups is 1. The van der Waals surface area contributed by atoms with E-state index in [1.54, 1.807) is 12.1 Å². The summed E-state index contributed by atoms with van der Waals surface area (Å²) >= 11 is 0. The summed E-state index contributed by atoms with van der Waals surface area (Å²) in [4.78, 5) is 10.7. The topological polar surface area (TPSA) is 37.3 Å². The highest BCUT2D eigenvalue weighted by Gasteiger charge is 2.22. The van der Waals surface area contributed by atoms with Crippen molar-refractivity contribution in [1.29, 1.82) is 0 Å². The van der Waals surface area contributed by atoms with Gasteiger partial charge in [0.15, 0.2) is 0 Å². The molecule has 0 saturated carbocycles. The van der Waals surface area contributed by atoms with Crippen LogP contribution >= 0.6 is 0 Å². The molecule has 14 heavy (non-hydrogen) atoms. The molecule has 1 rings (SSSR count). The van der Waals surface area contributed by atoms with Crippen molar-refractivity contribution in [3.05, 3.63) is 35.1 Å². The van der Waals surface area contributed by atoms with Crippen LogP contribution in [-0.2, 0) is 5.41 Å². The lowest BCUT2D eigenvalue weighted by Gasteiger charge is -2.20. The molecule has 0 radical (unpaired) electrons. The smallest absolute Gasteiger partial charge is 0.338 e. The highest BCUT2D eigenvalue weighted by molar-refractivity contribution is 5.88. The van der Waals surface area contributed by atoms with E-state index in [-0.39, 0.29) is 11.0 Å². The molecule has 1 N–H and O–H groups in total. The van der Waals surface area contributed by atoms with Gasteiger partial charge < -0.3 is 5.11 Å². The first-order valence-corrected chi connectivity index (χ1v) is 4.36. The third-order valence-corrected chi connectivity index (χ3v) is 2.04. The van der Waals surface area contributed by atoms with Crippen LogP contribution in [0.2, 0.25) is 0 Å². The number of rotatable bonds is 1. The Morgan fingerprint density at radius 2 is 1.93 bits per heavy atom. The Bertz CT molecular complexity index is 364. The lowest BCUT2D eigenvalue weighted by Crippen LogP contribution is -2.16. The SMILES string of the molecule is CC(C)(C)c1cccc(C(=O)O)c1F. The van der Waals surface area contributed by atoms with Gasteiger partial charge in [0.25, 0.3) is 0 Å². The molecule has 0 amide bonds. The number of halogens is 1. The van der Waals surface area contributed by atoms with Crippen molar-refractivity contribution < 1.29 is 14.3 Å². The average molecular weight is 196 g/mol. The fraction of sp³-hybridized carbons (Fsp3) is 0.364. The largest absolute Gasteiger partial charge is 0.478 e. The van der Waals surface area contributed by atoms with Crippen molar-refractivity contribution in [1.82, 2.24) is 0 Å². The van der Waals surface area contributed by atoms with Crippen molar-refractivity contribution in [3.8, 4) is 0 Å². The summed E-state index contributed by atoms with van der Waals surface area (Å²) in [7, 11) is 0. The van der Waals surface area contributed by atoms with Crippen molar-refractivity contribution in [2.75, 3.05) is 0 Å². The van der Waals surface area contributed by atoms with Crippen LogP contribution in [-0.4, -0.2) is 11.1 Å². The Kier molecular flexibility index (Phi) is 2.60. The number of hydrogen-bond donors (Lipinski definition) is 1. The fourth-order valence-corrected chi connectivity index (χ4v) is 1.28. The molecule has 0 bridgehead atoms. The second-order valence-electron chi connectivity index (χ2n) is 4.22. The summed E-state index contributed by atoms with van der Waals surface area (Å²) in [6, 6.07) is 4.45. The molecule has 2 nitrogen and oxygen atoms in total. The van der Waals surface area contributed by atoms with E-state index in [9.17, 15) is 9.18 Å². The molecular weight excluding hydrogens is 183 g/mol. The Balaban J connectivity index is 3.35. The first-order valence-electron chi connectivity index (χ1n) is 4.36. The minimum atomic E-state index is -1.23. The van der Waals surface area contributed by atoms with E-state index in [0.717, 1.165) is 0 Å². The average Bonchev–Trinajstić information content (AvgIpc) is 2.01. The molecular formula is C11H13FO2. The van der Waals surface area contributed by atoms with Crippen LogP contribution in [0.5, 0.6) is 0 Å². The first-order chi connectivity index (χ1) is 6.34. The van der Waals surface area contributed by atoms with Crippen LogP contribution < -0.4 is 0 Å². The van der Waals surface area contributed by atoms with Gasteiger partial charge in [-0.2, -0.15) is 0 Å². The maximum Gasteiger partial charge on any atom is 0.338 e. The van der Waals surface area contributed by atoms with Gasteiger partial charge in [-0.15, -0.1) is 0 Å². The molecule has 0 unspecified atom stereocenters. The number of carboxylic acids is 1.